The maximum Gasteiger partial charge on any atom is 0.273 e. The number of Topliss-reactive ketones (excluding diaryl/α,β-unsaturated/α-hetero) is 1. The normalized spacial score (nSPS) is 14.0. The standard InChI is InChI=1S/C32H30N4O2/c37-27(12-11-26-19-24-20-33-18-14-28(24)35-26)22-36-30(23-7-3-1-4-8-23)21-34-29(31(36)38)13-15-32(16-17-32)25-9-5-2-6-10-25/h1-10,14,18-21,35H,11-13,15-17,22H2. The Morgan fingerprint density at radius 1 is 0.947 bits per heavy atom. The van der Waals surface area contributed by atoms with Crippen molar-refractivity contribution in [1.82, 2.24) is 19.5 Å². The van der Waals surface area contributed by atoms with Gasteiger partial charge in [0, 0.05) is 35.4 Å². The van der Waals surface area contributed by atoms with Crippen LogP contribution in [0, 0.1) is 0 Å². The van der Waals surface area contributed by atoms with Crippen LogP contribution in [0.5, 0.6) is 0 Å². The highest BCUT2D eigenvalue weighted by Crippen LogP contribution is 2.51. The van der Waals surface area contributed by atoms with Crippen LogP contribution in [0.2, 0.25) is 0 Å². The Bertz CT molecular complexity index is 1600. The average Bonchev–Trinajstić information content (AvgIpc) is 3.64. The number of fused-ring (bicyclic) bond motifs is 1. The molecular formula is C32H30N4O2. The fourth-order valence-electron chi connectivity index (χ4n) is 5.38. The number of ketones is 1. The molecule has 0 amide bonds. The van der Waals surface area contributed by atoms with Gasteiger partial charge in [0.05, 0.1) is 18.4 Å². The molecule has 1 N–H and O–H groups in total. The number of benzene rings is 2. The van der Waals surface area contributed by atoms with Crippen LogP contribution < -0.4 is 5.56 Å². The molecule has 2 aromatic carbocycles. The van der Waals surface area contributed by atoms with E-state index in [4.69, 9.17) is 0 Å². The van der Waals surface area contributed by atoms with E-state index in [9.17, 15) is 9.59 Å². The van der Waals surface area contributed by atoms with Gasteiger partial charge in [-0.2, -0.15) is 0 Å². The maximum atomic E-state index is 13.7. The predicted octanol–water partition coefficient (Wildman–Crippen LogP) is 5.65. The lowest BCUT2D eigenvalue weighted by molar-refractivity contribution is -0.119. The number of H-pyrrole nitrogens is 1. The van der Waals surface area contributed by atoms with Crippen LogP contribution >= 0.6 is 0 Å². The number of aromatic amines is 1. The summed E-state index contributed by atoms with van der Waals surface area (Å²) in [6.45, 7) is 0.0319. The fourth-order valence-corrected chi connectivity index (χ4v) is 5.38. The van der Waals surface area contributed by atoms with Crippen LogP contribution in [0.1, 0.15) is 42.6 Å². The first-order valence-corrected chi connectivity index (χ1v) is 13.2. The highest BCUT2D eigenvalue weighted by atomic mass is 16.1. The second kappa shape index (κ2) is 10.2. The van der Waals surface area contributed by atoms with Gasteiger partial charge in [0.2, 0.25) is 0 Å². The SMILES string of the molecule is O=C(CCc1cc2cnccc2[nH]1)Cn1c(-c2ccccc2)cnc(CCC2(c3ccccc3)CC2)c1=O. The van der Waals surface area contributed by atoms with Gasteiger partial charge in [0.25, 0.3) is 5.56 Å². The van der Waals surface area contributed by atoms with Crippen LogP contribution in [-0.2, 0) is 29.6 Å². The van der Waals surface area contributed by atoms with E-state index in [2.05, 4.69) is 39.2 Å². The summed E-state index contributed by atoms with van der Waals surface area (Å²) in [5, 5.41) is 1.03. The monoisotopic (exact) mass is 502 g/mol. The van der Waals surface area contributed by atoms with Crippen molar-refractivity contribution in [3.63, 3.8) is 0 Å². The maximum absolute atomic E-state index is 13.7. The van der Waals surface area contributed by atoms with Gasteiger partial charge in [-0.1, -0.05) is 60.7 Å². The third-order valence-corrected chi connectivity index (χ3v) is 7.76. The molecule has 5 aromatic rings. The number of nitrogens with one attached hydrogen (secondary N) is 1. The minimum atomic E-state index is -0.166. The number of carbonyl (C=O) groups excluding carboxylic acids is 1. The van der Waals surface area contributed by atoms with E-state index < -0.39 is 0 Å². The lowest BCUT2D eigenvalue weighted by atomic mass is 9.90. The first kappa shape index (κ1) is 24.0. The van der Waals surface area contributed by atoms with E-state index in [0.717, 1.165) is 41.4 Å². The number of aryl methyl sites for hydroxylation is 2. The first-order valence-electron chi connectivity index (χ1n) is 13.2. The number of nitrogens with zero attached hydrogens (tertiary/aromatic N) is 3. The molecule has 6 rings (SSSR count). The molecule has 0 saturated heterocycles. The smallest absolute Gasteiger partial charge is 0.273 e. The first-order chi connectivity index (χ1) is 18.6. The topological polar surface area (TPSA) is 80.6 Å². The van der Waals surface area contributed by atoms with Crippen molar-refractivity contribution < 1.29 is 4.79 Å². The molecule has 0 spiro atoms. The van der Waals surface area contributed by atoms with Crippen LogP contribution in [0.15, 0.2) is 96.2 Å². The fraction of sp³-hybridized carbons (Fsp3) is 0.250. The molecule has 1 aliphatic carbocycles. The number of hydrogen-bond donors (Lipinski definition) is 1. The van der Waals surface area contributed by atoms with Gasteiger partial charge in [-0.3, -0.25) is 24.1 Å². The highest BCUT2D eigenvalue weighted by molar-refractivity contribution is 5.81. The third-order valence-electron chi connectivity index (χ3n) is 7.76. The van der Waals surface area contributed by atoms with Gasteiger partial charge in [-0.25, -0.2) is 0 Å². The summed E-state index contributed by atoms with van der Waals surface area (Å²) in [6.07, 6.45) is 9.99. The molecule has 6 heteroatoms. The zero-order chi connectivity index (χ0) is 26.0. The van der Waals surface area contributed by atoms with Crippen molar-refractivity contribution in [2.75, 3.05) is 0 Å². The minimum absolute atomic E-state index is 0.0150. The highest BCUT2D eigenvalue weighted by Gasteiger charge is 2.43. The van der Waals surface area contributed by atoms with E-state index in [1.54, 1.807) is 17.0 Å². The molecule has 1 saturated carbocycles. The van der Waals surface area contributed by atoms with Crippen molar-refractivity contribution in [2.45, 2.75) is 50.5 Å². The lowest BCUT2D eigenvalue weighted by Gasteiger charge is -2.17. The number of aromatic nitrogens is 4. The van der Waals surface area contributed by atoms with Gasteiger partial charge in [-0.15, -0.1) is 0 Å². The Kier molecular flexibility index (Phi) is 6.46. The summed E-state index contributed by atoms with van der Waals surface area (Å²) in [5.74, 6) is 0.0150. The van der Waals surface area contributed by atoms with Crippen LogP contribution in [0.3, 0.4) is 0 Å². The number of rotatable bonds is 10. The largest absolute Gasteiger partial charge is 0.358 e. The molecule has 38 heavy (non-hydrogen) atoms. The van der Waals surface area contributed by atoms with Gasteiger partial charge in [0.1, 0.15) is 5.69 Å². The third kappa shape index (κ3) is 4.94. The molecule has 6 nitrogen and oxygen atoms in total. The van der Waals surface area contributed by atoms with Crippen LogP contribution in [-0.4, -0.2) is 25.3 Å². The molecule has 0 atom stereocenters. The molecule has 190 valence electrons. The van der Waals surface area contributed by atoms with Crippen LogP contribution in [0.4, 0.5) is 0 Å². The summed E-state index contributed by atoms with van der Waals surface area (Å²) < 4.78 is 1.62. The predicted molar refractivity (Wildman–Crippen MR) is 149 cm³/mol. The Balaban J connectivity index is 1.23. The summed E-state index contributed by atoms with van der Waals surface area (Å²) >= 11 is 0. The molecule has 0 bridgehead atoms. The summed E-state index contributed by atoms with van der Waals surface area (Å²) in [5.41, 5.74) is 5.39. The van der Waals surface area contributed by atoms with Crippen molar-refractivity contribution in [3.8, 4) is 11.3 Å². The van der Waals surface area contributed by atoms with Crippen molar-refractivity contribution in [2.24, 2.45) is 0 Å². The Labute approximate surface area is 221 Å². The zero-order valence-corrected chi connectivity index (χ0v) is 21.3. The Hall–Kier alpha value is -4.32. The van der Waals surface area contributed by atoms with E-state index >= 15 is 0 Å². The van der Waals surface area contributed by atoms with Crippen molar-refractivity contribution >= 4 is 16.7 Å². The van der Waals surface area contributed by atoms with Gasteiger partial charge < -0.3 is 4.98 Å². The zero-order valence-electron chi connectivity index (χ0n) is 21.3. The van der Waals surface area contributed by atoms with Gasteiger partial charge in [-0.05, 0) is 60.8 Å². The molecule has 1 aliphatic rings. The van der Waals surface area contributed by atoms with E-state index in [1.165, 1.54) is 5.56 Å². The molecular weight excluding hydrogens is 472 g/mol. The molecule has 3 aromatic heterocycles. The summed E-state index contributed by atoms with van der Waals surface area (Å²) in [4.78, 5) is 39.0. The second-order valence-electron chi connectivity index (χ2n) is 10.3. The van der Waals surface area contributed by atoms with E-state index in [1.807, 2.05) is 54.7 Å². The summed E-state index contributed by atoms with van der Waals surface area (Å²) in [6, 6.07) is 24.2. The van der Waals surface area contributed by atoms with Crippen molar-refractivity contribution in [1.29, 1.82) is 0 Å². The molecule has 0 radical (unpaired) electrons. The molecule has 1 fully saturated rings. The Morgan fingerprint density at radius 2 is 1.71 bits per heavy atom. The Morgan fingerprint density at radius 3 is 2.45 bits per heavy atom. The van der Waals surface area contributed by atoms with E-state index in [0.29, 0.717) is 30.7 Å². The summed E-state index contributed by atoms with van der Waals surface area (Å²) in [7, 11) is 0. The molecule has 0 aliphatic heterocycles. The molecule has 0 unspecified atom stereocenters. The van der Waals surface area contributed by atoms with Crippen LogP contribution in [0.25, 0.3) is 22.2 Å². The van der Waals surface area contributed by atoms with Gasteiger partial charge >= 0.3 is 0 Å². The van der Waals surface area contributed by atoms with E-state index in [-0.39, 0.29) is 23.3 Å². The minimum Gasteiger partial charge on any atom is -0.358 e. The molecule has 3 heterocycles. The lowest BCUT2D eigenvalue weighted by Crippen LogP contribution is -2.30. The number of hydrogen-bond acceptors (Lipinski definition) is 4. The van der Waals surface area contributed by atoms with Crippen molar-refractivity contribution in [3.05, 3.63) is 119 Å². The average molecular weight is 503 g/mol. The number of pyridine rings is 1. The van der Waals surface area contributed by atoms with Gasteiger partial charge in [0.15, 0.2) is 5.78 Å². The number of carbonyl (C=O) groups is 1. The quantitative estimate of drug-likeness (QED) is 0.267. The second-order valence-corrected chi connectivity index (χ2v) is 10.3.